The Morgan fingerprint density at radius 1 is 1.14 bits per heavy atom. The highest BCUT2D eigenvalue weighted by atomic mass is 79.9. The molecular weight excluding hydrogens is 353 g/mol. The smallest absolute Gasteiger partial charge is 0.131 e. The third-order valence-electron chi connectivity index (χ3n) is 3.08. The number of aliphatic hydroxyl groups is 1. The molecule has 3 aromatic rings. The summed E-state index contributed by atoms with van der Waals surface area (Å²) in [4.78, 5) is 4.46. The summed E-state index contributed by atoms with van der Waals surface area (Å²) in [6.07, 6.45) is -0.746. The van der Waals surface area contributed by atoms with Crippen LogP contribution >= 0.6 is 27.3 Å². The monoisotopic (exact) mass is 363 g/mol. The molecule has 0 radical (unpaired) electrons. The molecule has 0 amide bonds. The summed E-state index contributed by atoms with van der Waals surface area (Å²) in [6.45, 7) is 0. The number of thiazole rings is 1. The first kappa shape index (κ1) is 14.4. The lowest BCUT2D eigenvalue weighted by molar-refractivity contribution is 0.220. The standard InChI is InChI=1S/C16H11BrFNOS/c17-13-8-11(18)6-7-12(13)14-9-21-16(19-14)15(20)10-4-2-1-3-5-10/h1-9,15,20H. The highest BCUT2D eigenvalue weighted by Crippen LogP contribution is 2.32. The molecule has 5 heteroatoms. The van der Waals surface area contributed by atoms with Crippen molar-refractivity contribution in [2.45, 2.75) is 6.10 Å². The molecule has 1 unspecified atom stereocenters. The molecule has 1 atom stereocenters. The number of halogens is 2. The molecule has 0 fully saturated rings. The highest BCUT2D eigenvalue weighted by Gasteiger charge is 2.16. The van der Waals surface area contributed by atoms with Crippen molar-refractivity contribution in [2.24, 2.45) is 0 Å². The second-order valence-corrected chi connectivity index (χ2v) is 6.25. The van der Waals surface area contributed by atoms with Crippen molar-refractivity contribution >= 4 is 27.3 Å². The first-order valence-electron chi connectivity index (χ1n) is 6.29. The van der Waals surface area contributed by atoms with Crippen LogP contribution in [0.25, 0.3) is 11.3 Å². The second-order valence-electron chi connectivity index (χ2n) is 4.51. The van der Waals surface area contributed by atoms with E-state index in [0.717, 1.165) is 16.8 Å². The lowest BCUT2D eigenvalue weighted by Crippen LogP contribution is -1.98. The summed E-state index contributed by atoms with van der Waals surface area (Å²) >= 11 is 4.72. The first-order chi connectivity index (χ1) is 10.1. The zero-order valence-corrected chi connectivity index (χ0v) is 13.2. The minimum atomic E-state index is -0.746. The molecule has 1 aromatic heterocycles. The van der Waals surface area contributed by atoms with Crippen LogP contribution in [0.2, 0.25) is 0 Å². The van der Waals surface area contributed by atoms with E-state index in [-0.39, 0.29) is 5.82 Å². The van der Waals surface area contributed by atoms with Crippen molar-refractivity contribution < 1.29 is 9.50 Å². The average Bonchev–Trinajstić information content (AvgIpc) is 2.97. The van der Waals surface area contributed by atoms with Crippen LogP contribution in [0.1, 0.15) is 16.7 Å². The van der Waals surface area contributed by atoms with Gasteiger partial charge in [0.15, 0.2) is 0 Å². The normalized spacial score (nSPS) is 12.3. The lowest BCUT2D eigenvalue weighted by Gasteiger charge is -2.07. The van der Waals surface area contributed by atoms with Gasteiger partial charge in [-0.2, -0.15) is 0 Å². The van der Waals surface area contributed by atoms with E-state index < -0.39 is 6.10 Å². The van der Waals surface area contributed by atoms with Crippen molar-refractivity contribution in [1.82, 2.24) is 4.98 Å². The molecule has 106 valence electrons. The Morgan fingerprint density at radius 3 is 2.62 bits per heavy atom. The van der Waals surface area contributed by atoms with E-state index in [1.807, 2.05) is 35.7 Å². The van der Waals surface area contributed by atoms with Crippen molar-refractivity contribution in [3.8, 4) is 11.3 Å². The molecular formula is C16H11BrFNOS. The van der Waals surface area contributed by atoms with Crippen LogP contribution in [0.15, 0.2) is 58.4 Å². The van der Waals surface area contributed by atoms with Gasteiger partial charge < -0.3 is 5.11 Å². The van der Waals surface area contributed by atoms with Gasteiger partial charge in [0.2, 0.25) is 0 Å². The van der Waals surface area contributed by atoms with Gasteiger partial charge in [0, 0.05) is 15.4 Å². The number of aliphatic hydroxyl groups excluding tert-OH is 1. The number of hydrogen-bond acceptors (Lipinski definition) is 3. The lowest BCUT2D eigenvalue weighted by atomic mass is 10.1. The van der Waals surface area contributed by atoms with Crippen LogP contribution in [-0.2, 0) is 0 Å². The molecule has 21 heavy (non-hydrogen) atoms. The van der Waals surface area contributed by atoms with Gasteiger partial charge in [-0.05, 0) is 39.7 Å². The maximum absolute atomic E-state index is 13.1. The van der Waals surface area contributed by atoms with Crippen molar-refractivity contribution in [3.05, 3.63) is 74.8 Å². The van der Waals surface area contributed by atoms with Crippen molar-refractivity contribution in [1.29, 1.82) is 0 Å². The minimum absolute atomic E-state index is 0.301. The summed E-state index contributed by atoms with van der Waals surface area (Å²) in [5.41, 5.74) is 2.33. The number of aromatic nitrogens is 1. The van der Waals surface area contributed by atoms with Crippen LogP contribution in [0.5, 0.6) is 0 Å². The van der Waals surface area contributed by atoms with Gasteiger partial charge in [-0.15, -0.1) is 11.3 Å². The number of benzene rings is 2. The third-order valence-corrected chi connectivity index (χ3v) is 4.63. The van der Waals surface area contributed by atoms with Gasteiger partial charge >= 0.3 is 0 Å². The Bertz CT molecular complexity index is 760. The van der Waals surface area contributed by atoms with Gasteiger partial charge in [0.25, 0.3) is 0 Å². The Hall–Kier alpha value is -1.56. The van der Waals surface area contributed by atoms with Crippen LogP contribution in [0.4, 0.5) is 4.39 Å². The average molecular weight is 364 g/mol. The quantitative estimate of drug-likeness (QED) is 0.725. The van der Waals surface area contributed by atoms with E-state index in [1.165, 1.54) is 23.5 Å². The van der Waals surface area contributed by atoms with E-state index in [0.29, 0.717) is 9.48 Å². The molecule has 0 saturated heterocycles. The molecule has 2 nitrogen and oxygen atoms in total. The SMILES string of the molecule is OC(c1ccccc1)c1nc(-c2ccc(F)cc2Br)cs1. The molecule has 1 heterocycles. The van der Waals surface area contributed by atoms with Gasteiger partial charge in [-0.1, -0.05) is 30.3 Å². The largest absolute Gasteiger partial charge is 0.381 e. The molecule has 0 saturated carbocycles. The first-order valence-corrected chi connectivity index (χ1v) is 7.96. The van der Waals surface area contributed by atoms with Gasteiger partial charge in [0.1, 0.15) is 16.9 Å². The minimum Gasteiger partial charge on any atom is -0.381 e. The Morgan fingerprint density at radius 2 is 1.90 bits per heavy atom. The summed E-state index contributed by atoms with van der Waals surface area (Å²) in [5, 5.41) is 12.8. The Balaban J connectivity index is 1.93. The van der Waals surface area contributed by atoms with Crippen LogP contribution < -0.4 is 0 Å². The van der Waals surface area contributed by atoms with E-state index in [1.54, 1.807) is 6.07 Å². The number of rotatable bonds is 3. The number of nitrogens with zero attached hydrogens (tertiary/aromatic N) is 1. The predicted octanol–water partition coefficient (Wildman–Crippen LogP) is 4.79. The van der Waals surface area contributed by atoms with Gasteiger partial charge in [0.05, 0.1) is 5.69 Å². The molecule has 0 bridgehead atoms. The van der Waals surface area contributed by atoms with Crippen molar-refractivity contribution in [2.75, 3.05) is 0 Å². The zero-order chi connectivity index (χ0) is 14.8. The topological polar surface area (TPSA) is 33.1 Å². The Kier molecular flexibility index (Phi) is 4.14. The second kappa shape index (κ2) is 6.05. The third kappa shape index (κ3) is 3.05. The fraction of sp³-hybridized carbons (Fsp3) is 0.0625. The maximum Gasteiger partial charge on any atom is 0.131 e. The summed E-state index contributed by atoms with van der Waals surface area (Å²) in [5.74, 6) is -0.301. The number of hydrogen-bond donors (Lipinski definition) is 1. The molecule has 0 aliphatic heterocycles. The summed E-state index contributed by atoms with van der Waals surface area (Å²) in [6, 6.07) is 13.9. The Labute approximate surface area is 134 Å². The van der Waals surface area contributed by atoms with E-state index >= 15 is 0 Å². The molecule has 0 spiro atoms. The zero-order valence-electron chi connectivity index (χ0n) is 10.8. The van der Waals surface area contributed by atoms with Crippen LogP contribution in [0, 0.1) is 5.82 Å². The predicted molar refractivity (Wildman–Crippen MR) is 85.7 cm³/mol. The van der Waals surface area contributed by atoms with Gasteiger partial charge in [-0.3, -0.25) is 0 Å². The fourth-order valence-electron chi connectivity index (χ4n) is 2.01. The van der Waals surface area contributed by atoms with E-state index in [4.69, 9.17) is 0 Å². The molecule has 1 N–H and O–H groups in total. The van der Waals surface area contributed by atoms with Crippen molar-refractivity contribution in [3.63, 3.8) is 0 Å². The highest BCUT2D eigenvalue weighted by molar-refractivity contribution is 9.10. The summed E-state index contributed by atoms with van der Waals surface area (Å²) < 4.78 is 13.8. The maximum atomic E-state index is 13.1. The molecule has 0 aliphatic rings. The molecule has 2 aromatic carbocycles. The van der Waals surface area contributed by atoms with Crippen LogP contribution in [-0.4, -0.2) is 10.1 Å². The van der Waals surface area contributed by atoms with E-state index in [2.05, 4.69) is 20.9 Å². The van der Waals surface area contributed by atoms with Gasteiger partial charge in [-0.25, -0.2) is 9.37 Å². The molecule has 3 rings (SSSR count). The fourth-order valence-corrected chi connectivity index (χ4v) is 3.39. The van der Waals surface area contributed by atoms with E-state index in [9.17, 15) is 9.50 Å². The summed E-state index contributed by atoms with van der Waals surface area (Å²) in [7, 11) is 0. The molecule has 0 aliphatic carbocycles. The van der Waals surface area contributed by atoms with Crippen LogP contribution in [0.3, 0.4) is 0 Å².